The third-order valence-electron chi connectivity index (χ3n) is 2.08. The second-order valence-corrected chi connectivity index (χ2v) is 3.71. The van der Waals surface area contributed by atoms with Crippen LogP contribution in [0, 0.1) is 11.9 Å². The number of benzene rings is 2. The fraction of sp³-hybridized carbons (Fsp3) is 0.0769. The SMILES string of the molecule is Fc1cc(Cl)ccc1OCc1cc[c-]cc1.[Zn+][Br]. The van der Waals surface area contributed by atoms with E-state index in [2.05, 4.69) is 19.7 Å². The van der Waals surface area contributed by atoms with Crippen molar-refractivity contribution in [1.82, 2.24) is 0 Å². The molecular formula is C13H9BrClFOZn. The van der Waals surface area contributed by atoms with Gasteiger partial charge in [0.05, 0.1) is 6.61 Å². The summed E-state index contributed by atoms with van der Waals surface area (Å²) in [7, 11) is 0. The molecule has 0 unspecified atom stereocenters. The number of hydrogen-bond acceptors (Lipinski definition) is 1. The molecule has 0 N–H and O–H groups in total. The Balaban J connectivity index is 0.000000771. The van der Waals surface area contributed by atoms with E-state index >= 15 is 0 Å². The summed E-state index contributed by atoms with van der Waals surface area (Å²) in [5, 5.41) is 0.360. The summed E-state index contributed by atoms with van der Waals surface area (Å²) in [5.41, 5.74) is 0.966. The number of ether oxygens (including phenoxy) is 1. The van der Waals surface area contributed by atoms with Gasteiger partial charge in [-0.05, 0) is 18.2 Å². The van der Waals surface area contributed by atoms with Crippen LogP contribution in [0.25, 0.3) is 0 Å². The molecular weight excluding hydrogens is 372 g/mol. The molecule has 2 rings (SSSR count). The normalized spacial score (nSPS) is 9.39. The van der Waals surface area contributed by atoms with E-state index in [4.69, 9.17) is 16.3 Å². The Bertz CT molecular complexity index is 482. The van der Waals surface area contributed by atoms with Gasteiger partial charge in [-0.2, -0.15) is 30.3 Å². The average Bonchev–Trinajstić information content (AvgIpc) is 2.41. The number of halogens is 3. The second kappa shape index (κ2) is 8.63. The quantitative estimate of drug-likeness (QED) is 0.554. The van der Waals surface area contributed by atoms with Crippen molar-refractivity contribution in [1.29, 1.82) is 0 Å². The van der Waals surface area contributed by atoms with Crippen molar-refractivity contribution in [2.45, 2.75) is 6.61 Å². The summed E-state index contributed by atoms with van der Waals surface area (Å²) < 4.78 is 18.7. The Morgan fingerprint density at radius 1 is 1.22 bits per heavy atom. The van der Waals surface area contributed by atoms with Gasteiger partial charge in [0.1, 0.15) is 0 Å². The second-order valence-electron chi connectivity index (χ2n) is 3.27. The molecule has 0 spiro atoms. The van der Waals surface area contributed by atoms with E-state index in [1.54, 1.807) is 18.2 Å². The van der Waals surface area contributed by atoms with Crippen molar-refractivity contribution < 1.29 is 25.5 Å². The Labute approximate surface area is 127 Å². The van der Waals surface area contributed by atoms with Crippen molar-refractivity contribution in [3.05, 3.63) is 64.9 Å². The molecule has 1 nitrogen and oxygen atoms in total. The molecule has 0 bridgehead atoms. The zero-order valence-electron chi connectivity index (χ0n) is 9.50. The summed E-state index contributed by atoms with van der Waals surface area (Å²) in [5.74, 6) is -0.243. The molecule has 18 heavy (non-hydrogen) atoms. The molecule has 0 heterocycles. The fourth-order valence-corrected chi connectivity index (χ4v) is 1.43. The third-order valence-corrected chi connectivity index (χ3v) is 2.31. The van der Waals surface area contributed by atoms with Crippen molar-refractivity contribution in [2.24, 2.45) is 0 Å². The van der Waals surface area contributed by atoms with Crippen LogP contribution in [0.2, 0.25) is 5.02 Å². The van der Waals surface area contributed by atoms with Crippen molar-refractivity contribution in [2.75, 3.05) is 0 Å². The number of rotatable bonds is 3. The maximum atomic E-state index is 13.3. The van der Waals surface area contributed by atoms with Gasteiger partial charge in [-0.15, -0.1) is 5.56 Å². The van der Waals surface area contributed by atoms with Crippen LogP contribution < -0.4 is 4.74 Å². The van der Waals surface area contributed by atoms with Crippen molar-refractivity contribution in [3.8, 4) is 5.75 Å². The molecule has 0 radical (unpaired) electrons. The van der Waals surface area contributed by atoms with Gasteiger partial charge in [0.2, 0.25) is 0 Å². The van der Waals surface area contributed by atoms with Gasteiger partial charge in [0.25, 0.3) is 0 Å². The Kier molecular flexibility index (Phi) is 7.49. The molecule has 2 aromatic carbocycles. The molecule has 0 atom stereocenters. The van der Waals surface area contributed by atoms with Crippen molar-refractivity contribution in [3.63, 3.8) is 0 Å². The van der Waals surface area contributed by atoms with Gasteiger partial charge in [0.15, 0.2) is 11.6 Å². The van der Waals surface area contributed by atoms with Gasteiger partial charge in [0, 0.05) is 5.02 Å². The minimum absolute atomic E-state index is 0.206. The zero-order chi connectivity index (χ0) is 13.4. The predicted molar refractivity (Wildman–Crippen MR) is 69.9 cm³/mol. The van der Waals surface area contributed by atoms with Crippen LogP contribution in [0.3, 0.4) is 0 Å². The molecule has 0 aliphatic rings. The third kappa shape index (κ3) is 5.05. The fourth-order valence-electron chi connectivity index (χ4n) is 1.27. The van der Waals surface area contributed by atoms with Crippen LogP contribution in [0.5, 0.6) is 5.75 Å². The van der Waals surface area contributed by atoms with Crippen LogP contribution in [0.15, 0.2) is 42.5 Å². The topological polar surface area (TPSA) is 9.23 Å². The minimum atomic E-state index is -0.449. The summed E-state index contributed by atoms with van der Waals surface area (Å²) >= 11 is 9.88. The molecule has 2 aromatic rings. The first-order valence-corrected chi connectivity index (χ1v) is 12.4. The van der Waals surface area contributed by atoms with E-state index in [0.717, 1.165) is 5.56 Å². The molecule has 0 aliphatic heterocycles. The standard InChI is InChI=1S/C13H9ClFO.BrH.Zn/c14-11-6-7-13(12(15)8-11)16-9-10-4-2-1-3-5-10;;/h2-8H,9H2;1H;/q-1;;+2/p-1. The van der Waals surface area contributed by atoms with Crippen molar-refractivity contribution >= 4 is 25.2 Å². The van der Waals surface area contributed by atoms with Gasteiger partial charge < -0.3 is 4.74 Å². The van der Waals surface area contributed by atoms with Crippen LogP contribution in [-0.4, -0.2) is 0 Å². The first-order valence-electron chi connectivity index (χ1n) is 5.05. The Morgan fingerprint density at radius 2 is 1.89 bits per heavy atom. The van der Waals surface area contributed by atoms with Gasteiger partial charge in [-0.1, -0.05) is 11.6 Å². The molecule has 90 valence electrons. The molecule has 0 aromatic heterocycles. The number of hydrogen-bond donors (Lipinski definition) is 0. The average molecular weight is 381 g/mol. The molecule has 5 heteroatoms. The Hall–Kier alpha value is -0.437. The van der Waals surface area contributed by atoms with Crippen LogP contribution in [0.4, 0.5) is 4.39 Å². The predicted octanol–water partition coefficient (Wildman–Crippen LogP) is 4.70. The molecule has 0 saturated carbocycles. The molecule has 0 amide bonds. The van der Waals surface area contributed by atoms with E-state index < -0.39 is 5.82 Å². The van der Waals surface area contributed by atoms with E-state index in [1.807, 2.05) is 12.1 Å². The first-order chi connectivity index (χ1) is 8.75. The summed E-state index contributed by atoms with van der Waals surface area (Å²) in [6.45, 7) is 0.327. The van der Waals surface area contributed by atoms with E-state index in [9.17, 15) is 4.39 Å². The Morgan fingerprint density at radius 3 is 2.50 bits per heavy atom. The summed E-state index contributed by atoms with van der Waals surface area (Å²) in [6, 6.07) is 14.6. The summed E-state index contributed by atoms with van der Waals surface area (Å²) in [4.78, 5) is 0. The van der Waals surface area contributed by atoms with E-state index in [-0.39, 0.29) is 5.75 Å². The molecule has 0 aliphatic carbocycles. The van der Waals surface area contributed by atoms with E-state index in [0.29, 0.717) is 11.6 Å². The maximum absolute atomic E-state index is 13.3. The van der Waals surface area contributed by atoms with Gasteiger partial charge in [-0.25, -0.2) is 4.39 Å². The van der Waals surface area contributed by atoms with Crippen LogP contribution in [0.1, 0.15) is 5.56 Å². The van der Waals surface area contributed by atoms with Gasteiger partial charge in [-0.3, -0.25) is 0 Å². The van der Waals surface area contributed by atoms with Gasteiger partial charge >= 0.3 is 30.0 Å². The van der Waals surface area contributed by atoms with E-state index in [1.165, 1.54) is 28.5 Å². The molecule has 0 fully saturated rings. The molecule has 0 saturated heterocycles. The monoisotopic (exact) mass is 378 g/mol. The van der Waals surface area contributed by atoms with Crippen LogP contribution in [-0.2, 0) is 22.9 Å². The first kappa shape index (κ1) is 15.6. The zero-order valence-corrected chi connectivity index (χ0v) is 14.8. The van der Waals surface area contributed by atoms with Crippen LogP contribution >= 0.6 is 25.2 Å². The summed E-state index contributed by atoms with van der Waals surface area (Å²) in [6.07, 6.45) is 0.